The standard InChI is InChI=1S/C13H15Si.3ClH.Ti/c1-14(2,13-10-6-7-11-13)12-8-4-3-5-9-12;;;;/h3-6,8-10H,7H2,1-2H3;3*1H;/q;;;;+3/p-3. The van der Waals surface area contributed by atoms with Crippen LogP contribution in [0, 0.1) is 0 Å². The van der Waals surface area contributed by atoms with Crippen molar-refractivity contribution in [2.75, 3.05) is 0 Å². The molecule has 0 fully saturated rings. The van der Waals surface area contributed by atoms with Gasteiger partial charge in [0.2, 0.25) is 0 Å². The van der Waals surface area contributed by atoms with Crippen LogP contribution < -0.4 is 42.4 Å². The second-order valence-electron chi connectivity index (χ2n) is 4.49. The molecule has 0 unspecified atom stereocenters. The minimum Gasteiger partial charge on any atom is -1.00 e. The number of hydrogen-bond donors (Lipinski definition) is 0. The number of benzene rings is 1. The summed E-state index contributed by atoms with van der Waals surface area (Å²) in [7, 11) is -1.42. The van der Waals surface area contributed by atoms with E-state index in [1.165, 1.54) is 5.19 Å². The molecule has 0 aromatic heterocycles. The van der Waals surface area contributed by atoms with Crippen molar-refractivity contribution in [3.05, 3.63) is 51.6 Å². The monoisotopic (exact) mass is 352 g/mol. The first-order valence-electron chi connectivity index (χ1n) is 5.29. The number of halogens is 3. The molecule has 96 valence electrons. The predicted molar refractivity (Wildman–Crippen MR) is 64.3 cm³/mol. The van der Waals surface area contributed by atoms with Crippen molar-refractivity contribution in [1.82, 2.24) is 0 Å². The van der Waals surface area contributed by atoms with Crippen LogP contribution in [0.3, 0.4) is 0 Å². The zero-order valence-corrected chi connectivity index (χ0v) is 15.2. The molecule has 0 saturated heterocycles. The fourth-order valence-corrected chi connectivity index (χ4v) is 6.61. The molecule has 0 amide bonds. The molecule has 0 nitrogen and oxygen atoms in total. The van der Waals surface area contributed by atoms with Crippen molar-refractivity contribution in [1.29, 1.82) is 0 Å². The molecule has 1 aliphatic rings. The molecular formula is C13H15Cl3SiTi. The SMILES string of the molecule is C[Si](C)(C1=[C]([Ti+3])CC=C1)c1ccccc1.[Cl-].[Cl-].[Cl-]. The van der Waals surface area contributed by atoms with Crippen LogP contribution in [0.2, 0.25) is 13.1 Å². The third-order valence-electron chi connectivity index (χ3n) is 3.10. The van der Waals surface area contributed by atoms with E-state index in [-0.39, 0.29) is 37.2 Å². The van der Waals surface area contributed by atoms with Gasteiger partial charge in [0.1, 0.15) is 0 Å². The van der Waals surface area contributed by atoms with Crippen molar-refractivity contribution in [2.24, 2.45) is 0 Å². The summed E-state index contributed by atoms with van der Waals surface area (Å²) in [4.78, 5) is 0. The summed E-state index contributed by atoms with van der Waals surface area (Å²) < 4.78 is 1.57. The Bertz CT molecular complexity index is 427. The van der Waals surface area contributed by atoms with E-state index in [4.69, 9.17) is 0 Å². The van der Waals surface area contributed by atoms with Gasteiger partial charge in [0.05, 0.1) is 0 Å². The molecule has 1 aromatic carbocycles. The molecule has 2 rings (SSSR count). The van der Waals surface area contributed by atoms with Gasteiger partial charge in [-0.25, -0.2) is 0 Å². The van der Waals surface area contributed by atoms with E-state index in [2.05, 4.69) is 76.0 Å². The fraction of sp³-hybridized carbons (Fsp3) is 0.231. The molecule has 0 bridgehead atoms. The third kappa shape index (κ3) is 4.26. The van der Waals surface area contributed by atoms with Crippen LogP contribution in [0.25, 0.3) is 0 Å². The number of rotatable bonds is 2. The summed E-state index contributed by atoms with van der Waals surface area (Å²) in [6.45, 7) is 4.88. The largest absolute Gasteiger partial charge is 1.00 e. The van der Waals surface area contributed by atoms with E-state index in [1.54, 1.807) is 9.07 Å². The first-order valence-corrected chi connectivity index (χ1v) is 9.08. The molecule has 0 N–H and O–H groups in total. The van der Waals surface area contributed by atoms with Gasteiger partial charge in [0.25, 0.3) is 0 Å². The van der Waals surface area contributed by atoms with E-state index < -0.39 is 8.07 Å². The van der Waals surface area contributed by atoms with Crippen LogP contribution in [-0.2, 0) is 20.4 Å². The molecule has 0 aliphatic heterocycles. The number of hydrogen-bond acceptors (Lipinski definition) is 0. The Hall–Kier alpha value is 0.501. The van der Waals surface area contributed by atoms with Crippen LogP contribution >= 0.6 is 0 Å². The van der Waals surface area contributed by atoms with E-state index in [0.29, 0.717) is 0 Å². The minimum atomic E-state index is -1.42. The Morgan fingerprint density at radius 3 is 2.00 bits per heavy atom. The first kappa shape index (κ1) is 20.8. The van der Waals surface area contributed by atoms with Gasteiger partial charge >= 0.3 is 105 Å². The quantitative estimate of drug-likeness (QED) is 0.465. The van der Waals surface area contributed by atoms with Crippen LogP contribution in [-0.4, -0.2) is 8.07 Å². The summed E-state index contributed by atoms with van der Waals surface area (Å²) in [6, 6.07) is 11.0. The van der Waals surface area contributed by atoms with Crippen LogP contribution in [0.15, 0.2) is 51.6 Å². The summed E-state index contributed by atoms with van der Waals surface area (Å²) in [5, 5.41) is 3.15. The number of allylic oxidation sites excluding steroid dienone is 4. The van der Waals surface area contributed by atoms with Gasteiger partial charge in [-0.2, -0.15) is 0 Å². The molecular weight excluding hydrogens is 338 g/mol. The van der Waals surface area contributed by atoms with Crippen molar-refractivity contribution >= 4 is 13.3 Å². The maximum Gasteiger partial charge on any atom is -1.00 e. The van der Waals surface area contributed by atoms with Gasteiger partial charge in [-0.3, -0.25) is 0 Å². The Balaban J connectivity index is 0. The summed E-state index contributed by atoms with van der Waals surface area (Å²) in [5.41, 5.74) is 0. The van der Waals surface area contributed by atoms with Gasteiger partial charge in [-0.15, -0.1) is 0 Å². The van der Waals surface area contributed by atoms with Crippen molar-refractivity contribution in [2.45, 2.75) is 19.5 Å². The van der Waals surface area contributed by atoms with E-state index >= 15 is 0 Å². The van der Waals surface area contributed by atoms with E-state index in [9.17, 15) is 0 Å². The fourth-order valence-electron chi connectivity index (χ4n) is 2.10. The van der Waals surface area contributed by atoms with E-state index in [1.807, 2.05) is 0 Å². The van der Waals surface area contributed by atoms with Crippen LogP contribution in [0.1, 0.15) is 6.42 Å². The van der Waals surface area contributed by atoms with Crippen molar-refractivity contribution in [3.8, 4) is 0 Å². The molecule has 0 spiro atoms. The average Bonchev–Trinajstić information content (AvgIpc) is 2.66. The topological polar surface area (TPSA) is 0 Å². The second-order valence-corrected chi connectivity index (χ2v) is 9.80. The maximum atomic E-state index is 2.44. The normalized spacial score (nSPS) is 13.6. The summed E-state index contributed by atoms with van der Waals surface area (Å²) in [6.07, 6.45) is 5.79. The zero-order chi connectivity index (χ0) is 10.9. The molecule has 1 aliphatic carbocycles. The molecule has 1 aromatic rings. The summed E-state index contributed by atoms with van der Waals surface area (Å²) in [5.74, 6) is 0. The van der Waals surface area contributed by atoms with Crippen LogP contribution in [0.5, 0.6) is 0 Å². The molecule has 18 heavy (non-hydrogen) atoms. The summed E-state index contributed by atoms with van der Waals surface area (Å²) >= 11 is 2.27. The Kier molecular flexibility index (Phi) is 9.98. The maximum absolute atomic E-state index is 2.44. The Labute approximate surface area is 141 Å². The Morgan fingerprint density at radius 2 is 1.56 bits per heavy atom. The van der Waals surface area contributed by atoms with Crippen molar-refractivity contribution < 1.29 is 57.7 Å². The van der Waals surface area contributed by atoms with Gasteiger partial charge < -0.3 is 37.2 Å². The Morgan fingerprint density at radius 1 is 1.00 bits per heavy atom. The first-order chi connectivity index (χ1) is 7.12. The van der Waals surface area contributed by atoms with Gasteiger partial charge in [-0.05, 0) is 0 Å². The average molecular weight is 354 g/mol. The van der Waals surface area contributed by atoms with Gasteiger partial charge in [0.15, 0.2) is 0 Å². The molecule has 0 radical (unpaired) electrons. The smallest absolute Gasteiger partial charge is 1.00 e. The molecule has 0 heterocycles. The minimum absolute atomic E-state index is 0. The predicted octanol–water partition coefficient (Wildman–Crippen LogP) is -6.09. The third-order valence-corrected chi connectivity index (χ3v) is 7.82. The van der Waals surface area contributed by atoms with Crippen LogP contribution in [0.4, 0.5) is 0 Å². The van der Waals surface area contributed by atoms with Gasteiger partial charge in [0, 0.05) is 0 Å². The molecule has 5 heteroatoms. The van der Waals surface area contributed by atoms with E-state index in [0.717, 1.165) is 6.42 Å². The zero-order valence-electron chi connectivity index (χ0n) is 10.4. The second kappa shape index (κ2) is 8.63. The van der Waals surface area contributed by atoms with Gasteiger partial charge in [-0.1, -0.05) is 0 Å². The molecule has 0 saturated carbocycles. The van der Waals surface area contributed by atoms with Crippen molar-refractivity contribution in [3.63, 3.8) is 0 Å². The molecule has 0 atom stereocenters.